The summed E-state index contributed by atoms with van der Waals surface area (Å²) in [7, 11) is 0. The zero-order valence-electron chi connectivity index (χ0n) is 8.17. The standard InChI is InChI=1S/C12H12O2S/c13-12(14-15-8-4-5-9-15)10-11-6-2-1-3-7-11/h1-9,15H,10H2. The fourth-order valence-corrected chi connectivity index (χ4v) is 2.35. The van der Waals surface area contributed by atoms with E-state index >= 15 is 0 Å². The van der Waals surface area contributed by atoms with Crippen molar-refractivity contribution in [2.24, 2.45) is 0 Å². The molecule has 78 valence electrons. The van der Waals surface area contributed by atoms with Crippen LogP contribution in [-0.4, -0.2) is 5.97 Å². The largest absolute Gasteiger partial charge is 0.410 e. The third-order valence-electron chi connectivity index (χ3n) is 1.98. The smallest absolute Gasteiger partial charge is 0.321 e. The van der Waals surface area contributed by atoms with E-state index in [0.29, 0.717) is 6.42 Å². The minimum absolute atomic E-state index is 0.163. The molecule has 0 bridgehead atoms. The highest BCUT2D eigenvalue weighted by atomic mass is 32.2. The van der Waals surface area contributed by atoms with Gasteiger partial charge in [0.2, 0.25) is 0 Å². The molecule has 0 unspecified atom stereocenters. The zero-order chi connectivity index (χ0) is 10.5. The lowest BCUT2D eigenvalue weighted by molar-refractivity contribution is -0.132. The highest BCUT2D eigenvalue weighted by molar-refractivity contribution is 8.18. The molecule has 15 heavy (non-hydrogen) atoms. The van der Waals surface area contributed by atoms with Crippen LogP contribution in [0.15, 0.2) is 53.3 Å². The van der Waals surface area contributed by atoms with E-state index in [4.69, 9.17) is 4.18 Å². The average molecular weight is 220 g/mol. The maximum Gasteiger partial charge on any atom is 0.321 e. The van der Waals surface area contributed by atoms with E-state index in [-0.39, 0.29) is 5.97 Å². The number of rotatable bonds is 3. The first kappa shape index (κ1) is 10.1. The van der Waals surface area contributed by atoms with Crippen molar-refractivity contribution in [3.8, 4) is 0 Å². The zero-order valence-corrected chi connectivity index (χ0v) is 9.06. The first-order valence-electron chi connectivity index (χ1n) is 4.73. The Labute approximate surface area is 91.8 Å². The Kier molecular flexibility index (Phi) is 3.25. The second-order valence-corrected chi connectivity index (χ2v) is 4.67. The summed E-state index contributed by atoms with van der Waals surface area (Å²) >= 11 is -0.791. The van der Waals surface area contributed by atoms with Crippen LogP contribution in [0, 0.1) is 0 Å². The fourth-order valence-electron chi connectivity index (χ4n) is 1.29. The topological polar surface area (TPSA) is 26.3 Å². The summed E-state index contributed by atoms with van der Waals surface area (Å²) in [6.45, 7) is 0. The Morgan fingerprint density at radius 3 is 2.47 bits per heavy atom. The van der Waals surface area contributed by atoms with Crippen LogP contribution in [0.1, 0.15) is 5.56 Å². The van der Waals surface area contributed by atoms with Gasteiger partial charge in [0.1, 0.15) is 0 Å². The highest BCUT2D eigenvalue weighted by Gasteiger charge is 2.08. The molecule has 1 aliphatic rings. The van der Waals surface area contributed by atoms with E-state index in [1.165, 1.54) is 0 Å². The summed E-state index contributed by atoms with van der Waals surface area (Å²) < 4.78 is 5.27. The van der Waals surface area contributed by atoms with Crippen molar-refractivity contribution in [1.82, 2.24) is 0 Å². The monoisotopic (exact) mass is 220 g/mol. The molecule has 0 radical (unpaired) electrons. The SMILES string of the molecule is O=C(Cc1ccccc1)O[SH]1C=CC=C1. The van der Waals surface area contributed by atoms with Gasteiger partial charge in [0, 0.05) is 0 Å². The second kappa shape index (κ2) is 4.84. The number of hydrogen-bond acceptors (Lipinski definition) is 2. The number of thiol groups is 1. The summed E-state index contributed by atoms with van der Waals surface area (Å²) in [4.78, 5) is 11.5. The normalized spacial score (nSPS) is 15.6. The first-order valence-corrected chi connectivity index (χ1v) is 6.12. The van der Waals surface area contributed by atoms with E-state index in [1.807, 2.05) is 53.3 Å². The molecule has 0 atom stereocenters. The Balaban J connectivity index is 1.87. The van der Waals surface area contributed by atoms with Crippen LogP contribution in [0.25, 0.3) is 0 Å². The Bertz CT molecular complexity index is 383. The van der Waals surface area contributed by atoms with Gasteiger partial charge in [0.05, 0.1) is 6.42 Å². The maximum absolute atomic E-state index is 11.5. The third-order valence-corrected chi connectivity index (χ3v) is 3.32. The van der Waals surface area contributed by atoms with Gasteiger partial charge in [-0.15, -0.1) is 0 Å². The lowest BCUT2D eigenvalue weighted by atomic mass is 10.2. The summed E-state index contributed by atoms with van der Waals surface area (Å²) in [5, 5.41) is 3.83. The van der Waals surface area contributed by atoms with Gasteiger partial charge < -0.3 is 4.18 Å². The molecule has 0 saturated heterocycles. The Morgan fingerprint density at radius 2 is 1.80 bits per heavy atom. The van der Waals surface area contributed by atoms with Gasteiger partial charge in [-0.3, -0.25) is 4.79 Å². The molecular formula is C12H12O2S. The molecule has 2 nitrogen and oxygen atoms in total. The van der Waals surface area contributed by atoms with Crippen molar-refractivity contribution in [1.29, 1.82) is 0 Å². The minimum Gasteiger partial charge on any atom is -0.410 e. The van der Waals surface area contributed by atoms with Crippen LogP contribution < -0.4 is 0 Å². The summed E-state index contributed by atoms with van der Waals surface area (Å²) in [6, 6.07) is 9.62. The molecule has 0 aliphatic carbocycles. The average Bonchev–Trinajstić information content (AvgIpc) is 2.71. The molecule has 0 spiro atoms. The molecule has 1 heterocycles. The van der Waals surface area contributed by atoms with Crippen molar-refractivity contribution in [3.05, 3.63) is 58.9 Å². The predicted octanol–water partition coefficient (Wildman–Crippen LogP) is 2.73. The summed E-state index contributed by atoms with van der Waals surface area (Å²) in [6.07, 6.45) is 4.16. The second-order valence-electron chi connectivity index (χ2n) is 3.17. The quantitative estimate of drug-likeness (QED) is 0.793. The molecule has 1 aromatic carbocycles. The molecule has 0 saturated carbocycles. The van der Waals surface area contributed by atoms with Crippen molar-refractivity contribution in [3.63, 3.8) is 0 Å². The van der Waals surface area contributed by atoms with E-state index in [1.54, 1.807) is 0 Å². The molecule has 0 amide bonds. The number of carbonyl (C=O) groups is 1. The van der Waals surface area contributed by atoms with Gasteiger partial charge in [-0.05, 0) is 16.4 Å². The third kappa shape index (κ3) is 2.99. The van der Waals surface area contributed by atoms with Crippen LogP contribution in [0.2, 0.25) is 0 Å². The van der Waals surface area contributed by atoms with Gasteiger partial charge in [0.15, 0.2) is 0 Å². The van der Waals surface area contributed by atoms with Crippen LogP contribution in [-0.2, 0) is 15.4 Å². The van der Waals surface area contributed by atoms with Crippen molar-refractivity contribution in [2.45, 2.75) is 6.42 Å². The van der Waals surface area contributed by atoms with E-state index in [2.05, 4.69) is 0 Å². The van der Waals surface area contributed by atoms with E-state index < -0.39 is 11.2 Å². The Morgan fingerprint density at radius 1 is 1.13 bits per heavy atom. The number of hydrogen-bond donors (Lipinski definition) is 1. The molecule has 1 aromatic rings. The van der Waals surface area contributed by atoms with Crippen molar-refractivity contribution >= 4 is 17.1 Å². The van der Waals surface area contributed by atoms with Crippen LogP contribution in [0.3, 0.4) is 0 Å². The molecule has 3 heteroatoms. The number of benzene rings is 1. The van der Waals surface area contributed by atoms with Gasteiger partial charge in [-0.1, -0.05) is 53.7 Å². The number of allylic oxidation sites excluding steroid dienone is 2. The van der Waals surface area contributed by atoms with E-state index in [9.17, 15) is 4.79 Å². The molecule has 0 aromatic heterocycles. The lowest BCUT2D eigenvalue weighted by Crippen LogP contribution is -2.04. The highest BCUT2D eigenvalue weighted by Crippen LogP contribution is 2.34. The summed E-state index contributed by atoms with van der Waals surface area (Å²) in [5.41, 5.74) is 0.990. The van der Waals surface area contributed by atoms with E-state index in [0.717, 1.165) is 5.56 Å². The van der Waals surface area contributed by atoms with Crippen LogP contribution in [0.4, 0.5) is 0 Å². The molecule has 1 aliphatic heterocycles. The van der Waals surface area contributed by atoms with Crippen molar-refractivity contribution in [2.75, 3.05) is 0 Å². The summed E-state index contributed by atoms with van der Waals surface area (Å²) in [5.74, 6) is -0.163. The molecule has 2 rings (SSSR count). The molecule has 0 fully saturated rings. The fraction of sp³-hybridized carbons (Fsp3) is 0.0833. The molecular weight excluding hydrogens is 208 g/mol. The maximum atomic E-state index is 11.5. The minimum atomic E-state index is -0.791. The van der Waals surface area contributed by atoms with Crippen LogP contribution in [0.5, 0.6) is 0 Å². The van der Waals surface area contributed by atoms with Gasteiger partial charge in [-0.2, -0.15) is 0 Å². The lowest BCUT2D eigenvalue weighted by Gasteiger charge is -2.10. The first-order chi connectivity index (χ1) is 7.34. The van der Waals surface area contributed by atoms with Crippen molar-refractivity contribution < 1.29 is 8.98 Å². The predicted molar refractivity (Wildman–Crippen MR) is 63.5 cm³/mol. The molecule has 0 N–H and O–H groups in total. The van der Waals surface area contributed by atoms with Gasteiger partial charge in [-0.25, -0.2) is 0 Å². The number of carbonyl (C=O) groups excluding carboxylic acids is 1. The Hall–Kier alpha value is -1.48. The van der Waals surface area contributed by atoms with Gasteiger partial charge in [0.25, 0.3) is 0 Å². The van der Waals surface area contributed by atoms with Crippen LogP contribution >= 0.6 is 11.2 Å². The van der Waals surface area contributed by atoms with Gasteiger partial charge >= 0.3 is 5.97 Å².